The average Bonchev–Trinajstić information content (AvgIpc) is 3.08. The van der Waals surface area contributed by atoms with Crippen LogP contribution in [0.5, 0.6) is 5.88 Å². The van der Waals surface area contributed by atoms with E-state index in [1.165, 1.54) is 4.88 Å². The van der Waals surface area contributed by atoms with Gasteiger partial charge < -0.3 is 15.0 Å². The van der Waals surface area contributed by atoms with E-state index in [2.05, 4.69) is 34.7 Å². The highest BCUT2D eigenvalue weighted by Gasteiger charge is 2.15. The quantitative estimate of drug-likeness (QED) is 0.849. The van der Waals surface area contributed by atoms with E-state index in [1.807, 2.05) is 19.0 Å². The van der Waals surface area contributed by atoms with Gasteiger partial charge in [0.25, 0.3) is 0 Å². The first-order valence-corrected chi connectivity index (χ1v) is 8.33. The molecule has 0 fully saturated rings. The molecule has 0 aromatic carbocycles. The molecule has 0 saturated carbocycles. The van der Waals surface area contributed by atoms with Gasteiger partial charge in [0.1, 0.15) is 0 Å². The summed E-state index contributed by atoms with van der Waals surface area (Å²) in [6, 6.07) is 4.67. The Hall–Kier alpha value is -1.11. The number of thiophene rings is 1. The molecule has 1 N–H and O–H groups in total. The zero-order valence-corrected chi connectivity index (χ0v) is 14.0. The second-order valence-corrected chi connectivity index (χ2v) is 6.72. The van der Waals surface area contributed by atoms with Crippen molar-refractivity contribution in [2.24, 2.45) is 0 Å². The predicted molar refractivity (Wildman–Crippen MR) is 87.2 cm³/mol. The number of aromatic nitrogens is 1. The lowest BCUT2D eigenvalue weighted by Crippen LogP contribution is -2.19. The number of rotatable bonds is 7. The van der Waals surface area contributed by atoms with E-state index >= 15 is 0 Å². The summed E-state index contributed by atoms with van der Waals surface area (Å²) in [6.45, 7) is 2.98. The van der Waals surface area contributed by atoms with Gasteiger partial charge in [-0.25, -0.2) is 0 Å². The molecule has 6 heteroatoms. The van der Waals surface area contributed by atoms with Crippen LogP contribution in [0.2, 0.25) is 0 Å². The molecule has 20 heavy (non-hydrogen) atoms. The molecule has 1 unspecified atom stereocenters. The van der Waals surface area contributed by atoms with Crippen molar-refractivity contribution in [2.75, 3.05) is 26.1 Å². The van der Waals surface area contributed by atoms with Crippen LogP contribution in [0.1, 0.15) is 29.1 Å². The largest absolute Gasteiger partial charge is 0.480 e. The van der Waals surface area contributed by atoms with Gasteiger partial charge in [0, 0.05) is 31.6 Å². The molecule has 1 atom stereocenters. The van der Waals surface area contributed by atoms with Crippen LogP contribution in [-0.4, -0.2) is 26.2 Å². The van der Waals surface area contributed by atoms with Crippen LogP contribution in [0.25, 0.3) is 0 Å². The van der Waals surface area contributed by atoms with Crippen molar-refractivity contribution in [1.29, 1.82) is 0 Å². The number of nitrogens with zero attached hydrogens (tertiary/aromatic N) is 2. The van der Waals surface area contributed by atoms with Gasteiger partial charge in [0.2, 0.25) is 5.88 Å². The van der Waals surface area contributed by atoms with Gasteiger partial charge in [-0.15, -0.1) is 11.3 Å². The Bertz CT molecular complexity index is 523. The van der Waals surface area contributed by atoms with E-state index in [0.29, 0.717) is 6.04 Å². The molecule has 2 aromatic rings. The highest BCUT2D eigenvalue weighted by Crippen LogP contribution is 2.31. The number of ether oxygens (including phenoxy) is 1. The first kappa shape index (κ1) is 15.3. The van der Waals surface area contributed by atoms with Crippen LogP contribution < -0.4 is 15.0 Å². The number of thiazole rings is 1. The van der Waals surface area contributed by atoms with E-state index < -0.39 is 0 Å². The summed E-state index contributed by atoms with van der Waals surface area (Å²) in [5, 5.41) is 6.69. The van der Waals surface area contributed by atoms with E-state index in [0.717, 1.165) is 28.9 Å². The molecule has 2 aromatic heterocycles. The minimum absolute atomic E-state index is 0.393. The Balaban J connectivity index is 2.06. The molecular formula is C14H21N3OS2. The highest BCUT2D eigenvalue weighted by atomic mass is 32.1. The summed E-state index contributed by atoms with van der Waals surface area (Å²) in [6.07, 6.45) is 1.07. The Morgan fingerprint density at radius 1 is 1.45 bits per heavy atom. The van der Waals surface area contributed by atoms with Gasteiger partial charge in [0.05, 0.1) is 12.0 Å². The van der Waals surface area contributed by atoms with Gasteiger partial charge >= 0.3 is 0 Å². The molecule has 0 spiro atoms. The SMILES string of the molecule is CCC(NCc1sc(N(C)C)nc1OC)c1cccs1. The summed E-state index contributed by atoms with van der Waals surface area (Å²) in [5.41, 5.74) is 0. The molecule has 0 bridgehead atoms. The van der Waals surface area contributed by atoms with Crippen LogP contribution in [0.4, 0.5) is 5.13 Å². The summed E-state index contributed by atoms with van der Waals surface area (Å²) in [4.78, 5) is 9.01. The van der Waals surface area contributed by atoms with E-state index in [1.54, 1.807) is 29.8 Å². The first-order valence-electron chi connectivity index (χ1n) is 6.63. The third-order valence-corrected chi connectivity index (χ3v) is 5.22. The standard InChI is InChI=1S/C14H21N3OS2/c1-5-10(11-7-6-8-19-11)15-9-12-13(18-4)16-14(20-12)17(2)3/h6-8,10,15H,5,9H2,1-4H3. The fourth-order valence-electron chi connectivity index (χ4n) is 1.94. The van der Waals surface area contributed by atoms with Crippen LogP contribution in [0.15, 0.2) is 17.5 Å². The van der Waals surface area contributed by atoms with E-state index in [4.69, 9.17) is 4.74 Å². The summed E-state index contributed by atoms with van der Waals surface area (Å²) in [7, 11) is 5.67. The summed E-state index contributed by atoms with van der Waals surface area (Å²) in [5.74, 6) is 0.729. The van der Waals surface area contributed by atoms with Crippen LogP contribution in [0.3, 0.4) is 0 Å². The second kappa shape index (κ2) is 7.06. The third kappa shape index (κ3) is 3.50. The van der Waals surface area contributed by atoms with Crippen molar-refractivity contribution < 1.29 is 4.74 Å². The maximum atomic E-state index is 5.37. The molecule has 0 radical (unpaired) electrons. The van der Waals surface area contributed by atoms with Crippen LogP contribution >= 0.6 is 22.7 Å². The third-order valence-electron chi connectivity index (χ3n) is 3.03. The topological polar surface area (TPSA) is 37.4 Å². The lowest BCUT2D eigenvalue weighted by molar-refractivity contribution is 0.392. The van der Waals surface area contributed by atoms with Crippen molar-refractivity contribution in [3.63, 3.8) is 0 Å². The highest BCUT2D eigenvalue weighted by molar-refractivity contribution is 7.15. The Labute approximate surface area is 128 Å². The minimum Gasteiger partial charge on any atom is -0.480 e. The van der Waals surface area contributed by atoms with Crippen molar-refractivity contribution in [3.8, 4) is 5.88 Å². The zero-order chi connectivity index (χ0) is 14.5. The molecule has 0 aliphatic rings. The monoisotopic (exact) mass is 311 g/mol. The molecular weight excluding hydrogens is 290 g/mol. The van der Waals surface area contributed by atoms with Gasteiger partial charge in [0.15, 0.2) is 5.13 Å². The molecule has 0 aliphatic heterocycles. The van der Waals surface area contributed by atoms with Gasteiger partial charge in [-0.2, -0.15) is 4.98 Å². The second-order valence-electron chi connectivity index (χ2n) is 4.68. The number of nitrogens with one attached hydrogen (secondary N) is 1. The molecule has 2 rings (SSSR count). The smallest absolute Gasteiger partial charge is 0.230 e. The number of hydrogen-bond donors (Lipinski definition) is 1. The fraction of sp³-hybridized carbons (Fsp3) is 0.500. The molecule has 0 saturated heterocycles. The first-order chi connectivity index (χ1) is 9.65. The lowest BCUT2D eigenvalue weighted by atomic mass is 10.2. The predicted octanol–water partition coefficient (Wildman–Crippen LogP) is 3.52. The van der Waals surface area contributed by atoms with Crippen molar-refractivity contribution in [1.82, 2.24) is 10.3 Å². The Morgan fingerprint density at radius 3 is 2.80 bits per heavy atom. The number of methoxy groups -OCH3 is 1. The van der Waals surface area contributed by atoms with Crippen molar-refractivity contribution >= 4 is 27.8 Å². The summed E-state index contributed by atoms with van der Waals surface area (Å²) >= 11 is 3.47. The van der Waals surface area contributed by atoms with E-state index in [-0.39, 0.29) is 0 Å². The minimum atomic E-state index is 0.393. The zero-order valence-electron chi connectivity index (χ0n) is 12.3. The molecule has 0 amide bonds. The summed E-state index contributed by atoms with van der Waals surface area (Å²) < 4.78 is 5.37. The number of hydrogen-bond acceptors (Lipinski definition) is 6. The lowest BCUT2D eigenvalue weighted by Gasteiger charge is -2.14. The van der Waals surface area contributed by atoms with Crippen LogP contribution in [-0.2, 0) is 6.54 Å². The van der Waals surface area contributed by atoms with E-state index in [9.17, 15) is 0 Å². The van der Waals surface area contributed by atoms with Crippen molar-refractivity contribution in [2.45, 2.75) is 25.9 Å². The van der Waals surface area contributed by atoms with Gasteiger partial charge in [-0.3, -0.25) is 0 Å². The van der Waals surface area contributed by atoms with Crippen LogP contribution in [0, 0.1) is 0 Å². The van der Waals surface area contributed by atoms with Gasteiger partial charge in [-0.05, 0) is 17.9 Å². The normalized spacial score (nSPS) is 12.4. The maximum absolute atomic E-state index is 5.37. The maximum Gasteiger partial charge on any atom is 0.230 e. The molecule has 4 nitrogen and oxygen atoms in total. The molecule has 0 aliphatic carbocycles. The Kier molecular flexibility index (Phi) is 5.39. The molecule has 2 heterocycles. The average molecular weight is 311 g/mol. The van der Waals surface area contributed by atoms with Crippen molar-refractivity contribution in [3.05, 3.63) is 27.3 Å². The Morgan fingerprint density at radius 2 is 2.25 bits per heavy atom. The molecule has 110 valence electrons. The fourth-order valence-corrected chi connectivity index (χ4v) is 3.73. The van der Waals surface area contributed by atoms with Gasteiger partial charge in [-0.1, -0.05) is 24.3 Å². The number of anilines is 1.